The minimum absolute atomic E-state index is 0.203. The molecule has 102 valence electrons. The fourth-order valence-electron chi connectivity index (χ4n) is 1.73. The van der Waals surface area contributed by atoms with E-state index in [1.807, 2.05) is 49.4 Å². The Morgan fingerprint density at radius 1 is 1.15 bits per heavy atom. The highest BCUT2D eigenvalue weighted by Crippen LogP contribution is 2.12. The molecule has 0 fully saturated rings. The first kappa shape index (κ1) is 14.9. The summed E-state index contributed by atoms with van der Waals surface area (Å²) in [5.74, 6) is -0.203. The van der Waals surface area contributed by atoms with Crippen molar-refractivity contribution in [3.63, 3.8) is 0 Å². The largest absolute Gasteiger partial charge is 0.332 e. The van der Waals surface area contributed by atoms with E-state index in [9.17, 15) is 4.79 Å². The SMILES string of the molecule is Cc1ccccc1C(=O)NC(=S)Nc1cccc(I)c1. The number of hydrogen-bond acceptors (Lipinski definition) is 2. The molecule has 5 heteroatoms. The molecule has 0 saturated heterocycles. The average Bonchev–Trinajstić information content (AvgIpc) is 2.38. The first-order valence-corrected chi connectivity index (χ1v) is 7.48. The van der Waals surface area contributed by atoms with E-state index in [4.69, 9.17) is 12.2 Å². The number of carbonyl (C=O) groups excluding carboxylic acids is 1. The van der Waals surface area contributed by atoms with Gasteiger partial charge in [0.25, 0.3) is 5.91 Å². The van der Waals surface area contributed by atoms with Crippen molar-refractivity contribution < 1.29 is 4.79 Å². The van der Waals surface area contributed by atoms with Crippen molar-refractivity contribution in [3.8, 4) is 0 Å². The highest BCUT2D eigenvalue weighted by atomic mass is 127. The minimum Gasteiger partial charge on any atom is -0.332 e. The van der Waals surface area contributed by atoms with Gasteiger partial charge in [0.2, 0.25) is 0 Å². The van der Waals surface area contributed by atoms with Crippen LogP contribution in [0.1, 0.15) is 15.9 Å². The van der Waals surface area contributed by atoms with Crippen LogP contribution in [0.3, 0.4) is 0 Å². The summed E-state index contributed by atoms with van der Waals surface area (Å²) >= 11 is 7.37. The number of carbonyl (C=O) groups is 1. The third-order valence-electron chi connectivity index (χ3n) is 2.70. The molecule has 2 rings (SSSR count). The van der Waals surface area contributed by atoms with E-state index in [1.54, 1.807) is 6.07 Å². The molecule has 0 aliphatic heterocycles. The standard InChI is InChI=1S/C15H13IN2OS/c1-10-5-2-3-8-13(10)14(19)18-15(20)17-12-7-4-6-11(16)9-12/h2-9H,1H3,(H2,17,18,19,20). The Kier molecular flexibility index (Phi) is 5.08. The van der Waals surface area contributed by atoms with E-state index in [0.717, 1.165) is 14.8 Å². The van der Waals surface area contributed by atoms with Crippen LogP contribution >= 0.6 is 34.8 Å². The van der Waals surface area contributed by atoms with E-state index in [2.05, 4.69) is 33.2 Å². The van der Waals surface area contributed by atoms with E-state index in [0.29, 0.717) is 10.7 Å². The van der Waals surface area contributed by atoms with Gasteiger partial charge in [-0.05, 0) is 71.6 Å². The van der Waals surface area contributed by atoms with Crippen molar-refractivity contribution in [3.05, 3.63) is 63.2 Å². The number of nitrogens with one attached hydrogen (secondary N) is 2. The zero-order valence-electron chi connectivity index (χ0n) is 10.8. The van der Waals surface area contributed by atoms with Gasteiger partial charge in [0.15, 0.2) is 5.11 Å². The lowest BCUT2D eigenvalue weighted by Gasteiger charge is -2.11. The van der Waals surface area contributed by atoms with Crippen molar-refractivity contribution >= 4 is 51.5 Å². The second-order valence-electron chi connectivity index (χ2n) is 4.23. The number of halogens is 1. The van der Waals surface area contributed by atoms with Crippen molar-refractivity contribution in [2.45, 2.75) is 6.92 Å². The maximum atomic E-state index is 12.1. The molecule has 20 heavy (non-hydrogen) atoms. The molecule has 1 amide bonds. The highest BCUT2D eigenvalue weighted by Gasteiger charge is 2.09. The van der Waals surface area contributed by atoms with Crippen molar-refractivity contribution in [2.24, 2.45) is 0 Å². The van der Waals surface area contributed by atoms with Gasteiger partial charge in [0, 0.05) is 14.8 Å². The van der Waals surface area contributed by atoms with Crippen molar-refractivity contribution in [1.29, 1.82) is 0 Å². The van der Waals surface area contributed by atoms with Gasteiger partial charge in [-0.1, -0.05) is 24.3 Å². The zero-order valence-corrected chi connectivity index (χ0v) is 13.8. The molecule has 0 radical (unpaired) electrons. The van der Waals surface area contributed by atoms with E-state index in [-0.39, 0.29) is 5.91 Å². The van der Waals surface area contributed by atoms with Crippen LogP contribution in [0.5, 0.6) is 0 Å². The molecule has 0 aliphatic rings. The lowest BCUT2D eigenvalue weighted by atomic mass is 10.1. The van der Waals surface area contributed by atoms with Crippen LogP contribution in [0.25, 0.3) is 0 Å². The quantitative estimate of drug-likeness (QED) is 0.601. The summed E-state index contributed by atoms with van der Waals surface area (Å²) in [6, 6.07) is 15.2. The number of hydrogen-bond donors (Lipinski definition) is 2. The van der Waals surface area contributed by atoms with Gasteiger partial charge in [-0.25, -0.2) is 0 Å². The van der Waals surface area contributed by atoms with Gasteiger partial charge in [-0.2, -0.15) is 0 Å². The molecule has 0 saturated carbocycles. The predicted octanol–water partition coefficient (Wildman–Crippen LogP) is 3.73. The monoisotopic (exact) mass is 396 g/mol. The molecule has 3 nitrogen and oxygen atoms in total. The van der Waals surface area contributed by atoms with Crippen LogP contribution in [0.2, 0.25) is 0 Å². The second-order valence-corrected chi connectivity index (χ2v) is 5.89. The van der Waals surface area contributed by atoms with Crippen LogP contribution in [0, 0.1) is 10.5 Å². The molecular formula is C15H13IN2OS. The molecule has 2 aromatic rings. The lowest BCUT2D eigenvalue weighted by molar-refractivity contribution is 0.0977. The summed E-state index contributed by atoms with van der Waals surface area (Å²) in [4.78, 5) is 12.1. The molecule has 0 atom stereocenters. The number of aryl methyl sites for hydroxylation is 1. The first-order valence-electron chi connectivity index (χ1n) is 6.00. The van der Waals surface area contributed by atoms with E-state index >= 15 is 0 Å². The fraction of sp³-hybridized carbons (Fsp3) is 0.0667. The van der Waals surface area contributed by atoms with Crippen molar-refractivity contribution in [1.82, 2.24) is 5.32 Å². The topological polar surface area (TPSA) is 41.1 Å². The van der Waals surface area contributed by atoms with Crippen LogP contribution < -0.4 is 10.6 Å². The molecule has 0 bridgehead atoms. The molecular weight excluding hydrogens is 383 g/mol. The van der Waals surface area contributed by atoms with Gasteiger partial charge in [-0.15, -0.1) is 0 Å². The number of anilines is 1. The zero-order chi connectivity index (χ0) is 14.5. The Morgan fingerprint density at radius 3 is 2.60 bits per heavy atom. The lowest BCUT2D eigenvalue weighted by Crippen LogP contribution is -2.34. The van der Waals surface area contributed by atoms with Gasteiger partial charge >= 0.3 is 0 Å². The summed E-state index contributed by atoms with van der Waals surface area (Å²) in [6.45, 7) is 1.89. The number of benzene rings is 2. The van der Waals surface area contributed by atoms with Crippen molar-refractivity contribution in [2.75, 3.05) is 5.32 Å². The van der Waals surface area contributed by atoms with Crippen LogP contribution in [-0.2, 0) is 0 Å². The Bertz CT molecular complexity index is 658. The Hall–Kier alpha value is -1.47. The maximum absolute atomic E-state index is 12.1. The fourth-order valence-corrected chi connectivity index (χ4v) is 2.48. The maximum Gasteiger partial charge on any atom is 0.257 e. The molecule has 0 heterocycles. The Morgan fingerprint density at radius 2 is 1.90 bits per heavy atom. The number of amides is 1. The van der Waals surface area contributed by atoms with Gasteiger partial charge in [-0.3, -0.25) is 10.1 Å². The average molecular weight is 396 g/mol. The number of rotatable bonds is 2. The van der Waals surface area contributed by atoms with Crippen LogP contribution in [0.4, 0.5) is 5.69 Å². The second kappa shape index (κ2) is 6.81. The normalized spacial score (nSPS) is 9.90. The van der Waals surface area contributed by atoms with Gasteiger partial charge < -0.3 is 5.32 Å². The molecule has 2 aromatic carbocycles. The first-order chi connectivity index (χ1) is 9.56. The smallest absolute Gasteiger partial charge is 0.257 e. The summed E-state index contributed by atoms with van der Waals surface area (Å²) in [5.41, 5.74) is 2.40. The third-order valence-corrected chi connectivity index (χ3v) is 3.57. The van der Waals surface area contributed by atoms with E-state index in [1.165, 1.54) is 0 Å². The highest BCUT2D eigenvalue weighted by molar-refractivity contribution is 14.1. The molecule has 0 unspecified atom stereocenters. The third kappa shape index (κ3) is 4.01. The number of thiocarbonyl (C=S) groups is 1. The molecule has 2 N–H and O–H groups in total. The van der Waals surface area contributed by atoms with Gasteiger partial charge in [0.1, 0.15) is 0 Å². The molecule has 0 aromatic heterocycles. The summed E-state index contributed by atoms with van der Waals surface area (Å²) in [5, 5.41) is 5.97. The Labute approximate surface area is 136 Å². The summed E-state index contributed by atoms with van der Waals surface area (Å²) in [6.07, 6.45) is 0. The summed E-state index contributed by atoms with van der Waals surface area (Å²) in [7, 11) is 0. The van der Waals surface area contributed by atoms with Gasteiger partial charge in [0.05, 0.1) is 0 Å². The van der Waals surface area contributed by atoms with Crippen LogP contribution in [0.15, 0.2) is 48.5 Å². The summed E-state index contributed by atoms with van der Waals surface area (Å²) < 4.78 is 1.10. The Balaban J connectivity index is 2.02. The molecule has 0 spiro atoms. The van der Waals surface area contributed by atoms with Crippen LogP contribution in [-0.4, -0.2) is 11.0 Å². The minimum atomic E-state index is -0.203. The molecule has 0 aliphatic carbocycles. The predicted molar refractivity (Wildman–Crippen MR) is 94.0 cm³/mol. The van der Waals surface area contributed by atoms with E-state index < -0.39 is 0 Å².